The number of fused-ring (bicyclic) bond motifs is 3. The van der Waals surface area contributed by atoms with Gasteiger partial charge in [0.05, 0.1) is 15.7 Å². The first-order valence-corrected chi connectivity index (χ1v) is 15.5. The van der Waals surface area contributed by atoms with Crippen LogP contribution in [0.15, 0.2) is 60.0 Å². The third-order valence-electron chi connectivity index (χ3n) is 8.13. The highest BCUT2D eigenvalue weighted by Crippen LogP contribution is 2.54. The zero-order valence-corrected chi connectivity index (χ0v) is 22.8. The van der Waals surface area contributed by atoms with E-state index in [0.29, 0.717) is 0 Å². The Hall–Kier alpha value is -1.93. The highest BCUT2D eigenvalue weighted by atomic mass is 32.2. The van der Waals surface area contributed by atoms with Crippen molar-refractivity contribution in [3.05, 3.63) is 76.7 Å². The lowest BCUT2D eigenvalue weighted by atomic mass is 9.70. The minimum Gasteiger partial charge on any atom is -0.250 e. The van der Waals surface area contributed by atoms with Gasteiger partial charge in [-0.05, 0) is 52.8 Å². The minimum atomic E-state index is -1.02. The van der Waals surface area contributed by atoms with Crippen molar-refractivity contribution in [3.63, 3.8) is 0 Å². The van der Waals surface area contributed by atoms with E-state index in [2.05, 4.69) is 56.3 Å². The average molecular weight is 489 g/mol. The highest BCUT2D eigenvalue weighted by molar-refractivity contribution is 7.97. The predicted octanol–water partition coefficient (Wildman–Crippen LogP) is 10.1. The summed E-state index contributed by atoms with van der Waals surface area (Å²) in [7, 11) is -1.02. The lowest BCUT2D eigenvalue weighted by molar-refractivity contribution is 0.398. The fourth-order valence-corrected chi connectivity index (χ4v) is 7.18. The number of benzene rings is 2. The summed E-state index contributed by atoms with van der Waals surface area (Å²) in [6.07, 6.45) is 22.4. The van der Waals surface area contributed by atoms with Gasteiger partial charge in [-0.3, -0.25) is 0 Å². The Labute approximate surface area is 216 Å². The Morgan fingerprint density at radius 1 is 0.686 bits per heavy atom. The molecule has 0 saturated carbocycles. The predicted molar refractivity (Wildman–Crippen MR) is 154 cm³/mol. The molecular formula is C33H44OS. The zero-order valence-electron chi connectivity index (χ0n) is 22.0. The Kier molecular flexibility index (Phi) is 9.60. The maximum absolute atomic E-state index is 12.6. The molecule has 0 saturated heterocycles. The van der Waals surface area contributed by atoms with Crippen molar-refractivity contribution in [3.8, 4) is 11.1 Å². The second-order valence-corrected chi connectivity index (χ2v) is 11.9. The van der Waals surface area contributed by atoms with Crippen LogP contribution < -0.4 is 0 Å². The molecule has 2 aromatic carbocycles. The third kappa shape index (κ3) is 5.91. The van der Waals surface area contributed by atoms with Crippen molar-refractivity contribution in [2.24, 2.45) is 0 Å². The van der Waals surface area contributed by atoms with E-state index in [1.54, 1.807) is 5.41 Å². The van der Waals surface area contributed by atoms with E-state index in [1.807, 2.05) is 12.2 Å². The van der Waals surface area contributed by atoms with E-state index >= 15 is 0 Å². The number of hydrogen-bond donors (Lipinski definition) is 0. The van der Waals surface area contributed by atoms with Gasteiger partial charge in [0.25, 0.3) is 0 Å². The summed E-state index contributed by atoms with van der Waals surface area (Å²) in [6.45, 7) is 4.59. The molecule has 1 aliphatic carbocycles. The molecule has 188 valence electrons. The van der Waals surface area contributed by atoms with Crippen LogP contribution in [0.3, 0.4) is 0 Å². The topological polar surface area (TPSA) is 17.1 Å². The highest BCUT2D eigenvalue weighted by Gasteiger charge is 2.42. The van der Waals surface area contributed by atoms with Crippen LogP contribution in [-0.2, 0) is 16.2 Å². The Morgan fingerprint density at radius 3 is 1.91 bits per heavy atom. The number of unbranched alkanes of at least 4 members (excludes halogenated alkanes) is 10. The van der Waals surface area contributed by atoms with Crippen LogP contribution >= 0.6 is 0 Å². The van der Waals surface area contributed by atoms with Crippen molar-refractivity contribution in [2.75, 3.05) is 0 Å². The number of allylic oxidation sites excluding steroid dienone is 2. The second-order valence-electron chi connectivity index (χ2n) is 10.6. The summed E-state index contributed by atoms with van der Waals surface area (Å²) < 4.78 is 12.6. The smallest absolute Gasteiger partial charge is 0.0782 e. The normalized spacial score (nSPS) is 17.4. The molecule has 1 nitrogen and oxygen atoms in total. The van der Waals surface area contributed by atoms with Gasteiger partial charge in [-0.2, -0.15) is 0 Å². The summed E-state index contributed by atoms with van der Waals surface area (Å²) in [5.41, 5.74) is 7.07. The number of hydrogen-bond acceptors (Lipinski definition) is 1. The molecule has 2 aliphatic rings. The molecule has 0 N–H and O–H groups in total. The van der Waals surface area contributed by atoms with E-state index in [-0.39, 0.29) is 5.41 Å². The van der Waals surface area contributed by atoms with E-state index in [1.165, 1.54) is 112 Å². The fraction of sp³-hybridized carbons (Fsp3) is 0.515. The van der Waals surface area contributed by atoms with Gasteiger partial charge in [0.2, 0.25) is 0 Å². The Morgan fingerprint density at radius 2 is 1.29 bits per heavy atom. The van der Waals surface area contributed by atoms with E-state index < -0.39 is 10.8 Å². The molecule has 0 fully saturated rings. The van der Waals surface area contributed by atoms with Crippen LogP contribution in [0.25, 0.3) is 16.0 Å². The van der Waals surface area contributed by atoms with Crippen LogP contribution in [0.1, 0.15) is 120 Å². The van der Waals surface area contributed by atoms with Gasteiger partial charge in [0.1, 0.15) is 0 Å². The SMILES string of the molecule is CCCCCCCCC1(CCCCCCCC)c2ccccc2-c2ccc(C3=CC=CS3=O)cc21. The van der Waals surface area contributed by atoms with Crippen LogP contribution in [0, 0.1) is 0 Å². The monoisotopic (exact) mass is 488 g/mol. The molecule has 0 aromatic heterocycles. The van der Waals surface area contributed by atoms with Crippen molar-refractivity contribution in [1.82, 2.24) is 0 Å². The summed E-state index contributed by atoms with van der Waals surface area (Å²) in [4.78, 5) is 0.955. The van der Waals surface area contributed by atoms with E-state index in [4.69, 9.17) is 0 Å². The lowest BCUT2D eigenvalue weighted by Crippen LogP contribution is -2.25. The maximum Gasteiger partial charge on any atom is 0.0782 e. The molecule has 35 heavy (non-hydrogen) atoms. The van der Waals surface area contributed by atoms with Crippen LogP contribution in [-0.4, -0.2) is 4.21 Å². The minimum absolute atomic E-state index is 0.0888. The second kappa shape index (κ2) is 12.9. The van der Waals surface area contributed by atoms with E-state index in [0.717, 1.165) is 10.5 Å². The van der Waals surface area contributed by atoms with E-state index in [9.17, 15) is 4.21 Å². The van der Waals surface area contributed by atoms with Crippen LogP contribution in [0.5, 0.6) is 0 Å². The fourth-order valence-electron chi connectivity index (χ4n) is 6.24. The van der Waals surface area contributed by atoms with Crippen molar-refractivity contribution in [1.29, 1.82) is 0 Å². The van der Waals surface area contributed by atoms with Crippen LogP contribution in [0.4, 0.5) is 0 Å². The standard InChI is InChI=1S/C33H44OS/c1-3-5-7-9-11-15-23-33(24-16-12-10-8-6-4-2)30-19-14-13-18-28(30)29-22-21-27(26-31(29)33)32-20-17-25-35(32)34/h13-14,17-22,25-26H,3-12,15-16,23-24H2,1-2H3. The summed E-state index contributed by atoms with van der Waals surface area (Å²) in [5.74, 6) is 0. The molecule has 1 atom stereocenters. The molecule has 2 heteroatoms. The summed E-state index contributed by atoms with van der Waals surface area (Å²) in [5, 5.41) is 1.80. The van der Waals surface area contributed by atoms with Gasteiger partial charge in [-0.1, -0.05) is 133 Å². The first-order valence-electron chi connectivity index (χ1n) is 14.2. The number of rotatable bonds is 15. The van der Waals surface area contributed by atoms with Gasteiger partial charge >= 0.3 is 0 Å². The zero-order chi connectivity index (χ0) is 24.5. The van der Waals surface area contributed by atoms with Gasteiger partial charge in [-0.25, -0.2) is 4.21 Å². The third-order valence-corrected chi connectivity index (χ3v) is 9.34. The largest absolute Gasteiger partial charge is 0.250 e. The van der Waals surface area contributed by atoms with Gasteiger partial charge in [-0.15, -0.1) is 0 Å². The van der Waals surface area contributed by atoms with Crippen LogP contribution in [0.2, 0.25) is 0 Å². The van der Waals surface area contributed by atoms with Crippen molar-refractivity contribution in [2.45, 2.75) is 109 Å². The first-order chi connectivity index (χ1) is 17.2. The molecule has 1 aliphatic heterocycles. The molecule has 1 unspecified atom stereocenters. The molecule has 1 heterocycles. The quantitative estimate of drug-likeness (QED) is 0.228. The van der Waals surface area contributed by atoms with Crippen molar-refractivity contribution < 1.29 is 4.21 Å². The van der Waals surface area contributed by atoms with Gasteiger partial charge < -0.3 is 0 Å². The molecule has 4 rings (SSSR count). The molecular weight excluding hydrogens is 444 g/mol. The molecule has 0 radical (unpaired) electrons. The summed E-state index contributed by atoms with van der Waals surface area (Å²) in [6, 6.07) is 16.1. The molecule has 0 spiro atoms. The Bertz CT molecular complexity index is 1040. The van der Waals surface area contributed by atoms with Crippen molar-refractivity contribution >= 4 is 15.7 Å². The maximum atomic E-state index is 12.6. The lowest BCUT2D eigenvalue weighted by Gasteiger charge is -2.33. The average Bonchev–Trinajstić information content (AvgIpc) is 3.43. The molecule has 0 amide bonds. The first kappa shape index (κ1) is 26.1. The Balaban J connectivity index is 1.64. The molecule has 0 bridgehead atoms. The van der Waals surface area contributed by atoms with Gasteiger partial charge in [0.15, 0.2) is 0 Å². The van der Waals surface area contributed by atoms with Gasteiger partial charge in [0, 0.05) is 10.8 Å². The molecule has 2 aromatic rings. The summed E-state index contributed by atoms with van der Waals surface area (Å²) >= 11 is 0.